The van der Waals surface area contributed by atoms with Gasteiger partial charge in [0.15, 0.2) is 0 Å². The Bertz CT molecular complexity index is 1300. The first kappa shape index (κ1) is 19.8. The van der Waals surface area contributed by atoms with Gasteiger partial charge in [-0.25, -0.2) is 4.79 Å². The molecule has 5 rings (SSSR count). The molecule has 0 aliphatic heterocycles. The van der Waals surface area contributed by atoms with Crippen LogP contribution >= 0.6 is 0 Å². The number of carbonyl (C=O) groups is 1. The van der Waals surface area contributed by atoms with Crippen LogP contribution in [-0.4, -0.2) is 24.2 Å². The van der Waals surface area contributed by atoms with Gasteiger partial charge in [0.25, 0.3) is 0 Å². The molecule has 1 N–H and O–H groups in total. The maximum Gasteiger partial charge on any atom is 0.407 e. The Hall–Kier alpha value is -4.10. The molecule has 4 heteroatoms. The fourth-order valence-corrected chi connectivity index (χ4v) is 4.27. The summed E-state index contributed by atoms with van der Waals surface area (Å²) in [5, 5.41) is 4.95. The lowest BCUT2D eigenvalue weighted by Gasteiger charge is -2.14. The average molecular weight is 418 g/mol. The highest BCUT2D eigenvalue weighted by atomic mass is 16.5. The second kappa shape index (κ2) is 8.95. The summed E-state index contributed by atoms with van der Waals surface area (Å²) in [5.41, 5.74) is 5.81. The van der Waals surface area contributed by atoms with Crippen molar-refractivity contribution in [2.45, 2.75) is 12.3 Å². The van der Waals surface area contributed by atoms with E-state index in [0.717, 1.165) is 16.3 Å². The Balaban J connectivity index is 1.16. The minimum absolute atomic E-state index is 0.0637. The molecule has 32 heavy (non-hydrogen) atoms. The smallest absolute Gasteiger partial charge is 0.407 e. The zero-order chi connectivity index (χ0) is 21.8. The molecule has 1 heterocycles. The fraction of sp³-hybridized carbons (Fsp3) is 0.143. The van der Waals surface area contributed by atoms with E-state index in [2.05, 4.69) is 46.4 Å². The monoisotopic (exact) mass is 418 g/mol. The summed E-state index contributed by atoms with van der Waals surface area (Å²) in [5.74, 6) is 6.39. The van der Waals surface area contributed by atoms with Gasteiger partial charge in [-0.2, -0.15) is 0 Å². The van der Waals surface area contributed by atoms with Gasteiger partial charge in [-0.15, -0.1) is 0 Å². The number of hydrogen-bond acceptors (Lipinski definition) is 3. The van der Waals surface area contributed by atoms with Gasteiger partial charge in [-0.1, -0.05) is 72.5 Å². The van der Waals surface area contributed by atoms with Gasteiger partial charge in [0, 0.05) is 47.6 Å². The van der Waals surface area contributed by atoms with Crippen molar-refractivity contribution in [1.29, 1.82) is 0 Å². The average Bonchev–Trinajstić information content (AvgIpc) is 3.16. The van der Waals surface area contributed by atoms with Crippen molar-refractivity contribution in [3.63, 3.8) is 0 Å². The van der Waals surface area contributed by atoms with Crippen LogP contribution in [0.4, 0.5) is 4.79 Å². The number of carbonyl (C=O) groups excluding carboxylic acids is 1. The van der Waals surface area contributed by atoms with Crippen LogP contribution in [0.15, 0.2) is 85.2 Å². The van der Waals surface area contributed by atoms with E-state index in [1.165, 1.54) is 22.3 Å². The second-order valence-corrected chi connectivity index (χ2v) is 7.71. The van der Waals surface area contributed by atoms with Gasteiger partial charge >= 0.3 is 6.09 Å². The summed E-state index contributed by atoms with van der Waals surface area (Å²) in [4.78, 5) is 16.4. The molecule has 0 bridgehead atoms. The summed E-state index contributed by atoms with van der Waals surface area (Å²) in [7, 11) is 0. The van der Waals surface area contributed by atoms with E-state index in [1.807, 2.05) is 54.7 Å². The molecule has 3 aromatic carbocycles. The maximum atomic E-state index is 12.2. The summed E-state index contributed by atoms with van der Waals surface area (Å²) >= 11 is 0. The Labute approximate surface area is 187 Å². The summed E-state index contributed by atoms with van der Waals surface area (Å²) < 4.78 is 5.56. The van der Waals surface area contributed by atoms with Crippen LogP contribution in [0.5, 0.6) is 0 Å². The SMILES string of the molecule is O=C(NCCC#Cc1cccc2cnccc12)OCC1c2ccccc2-c2ccccc21. The minimum Gasteiger partial charge on any atom is -0.449 e. The molecule has 156 valence electrons. The zero-order valence-corrected chi connectivity index (χ0v) is 17.5. The summed E-state index contributed by atoms with van der Waals surface area (Å²) in [6, 6.07) is 24.6. The highest BCUT2D eigenvalue weighted by molar-refractivity contribution is 5.87. The third-order valence-corrected chi connectivity index (χ3v) is 5.77. The summed E-state index contributed by atoms with van der Waals surface area (Å²) in [6.45, 7) is 0.756. The van der Waals surface area contributed by atoms with E-state index in [1.54, 1.807) is 6.20 Å². The van der Waals surface area contributed by atoms with E-state index in [0.29, 0.717) is 19.6 Å². The van der Waals surface area contributed by atoms with E-state index in [9.17, 15) is 4.79 Å². The molecular weight excluding hydrogens is 396 g/mol. The molecule has 0 fully saturated rings. The van der Waals surface area contributed by atoms with Crippen LogP contribution in [0.25, 0.3) is 21.9 Å². The molecular formula is C28H22N2O2. The molecule has 4 nitrogen and oxygen atoms in total. The number of alkyl carbamates (subject to hydrolysis) is 1. The van der Waals surface area contributed by atoms with Gasteiger partial charge in [0.05, 0.1) is 0 Å². The minimum atomic E-state index is -0.412. The topological polar surface area (TPSA) is 51.2 Å². The lowest BCUT2D eigenvalue weighted by atomic mass is 9.98. The standard InChI is InChI=1S/C28H22N2O2/c31-28(30-16-6-5-8-20-9-7-10-21-18-29-17-15-22(20)21)32-19-27-25-13-3-1-11-23(25)24-12-2-4-14-26(24)27/h1-4,7,9-15,17-18,27H,6,16,19H2,(H,30,31). The van der Waals surface area contributed by atoms with Crippen LogP contribution in [0.2, 0.25) is 0 Å². The van der Waals surface area contributed by atoms with Crippen molar-refractivity contribution in [3.8, 4) is 23.0 Å². The van der Waals surface area contributed by atoms with Gasteiger partial charge < -0.3 is 10.1 Å². The van der Waals surface area contributed by atoms with Crippen LogP contribution < -0.4 is 5.32 Å². The van der Waals surface area contributed by atoms with Crippen LogP contribution in [0.3, 0.4) is 0 Å². The second-order valence-electron chi connectivity index (χ2n) is 7.71. The first-order chi connectivity index (χ1) is 15.8. The number of hydrogen-bond donors (Lipinski definition) is 1. The number of ether oxygens (including phenoxy) is 1. The number of fused-ring (bicyclic) bond motifs is 4. The van der Waals surface area contributed by atoms with Crippen molar-refractivity contribution in [3.05, 3.63) is 102 Å². The molecule has 1 aliphatic rings. The summed E-state index contributed by atoms with van der Waals surface area (Å²) in [6.07, 6.45) is 3.74. The lowest BCUT2D eigenvalue weighted by molar-refractivity contribution is 0.143. The van der Waals surface area contributed by atoms with Gasteiger partial charge in [0.1, 0.15) is 6.61 Å². The number of benzene rings is 3. The predicted octanol–water partition coefficient (Wildman–Crippen LogP) is 5.52. The fourth-order valence-electron chi connectivity index (χ4n) is 4.27. The molecule has 0 spiro atoms. The highest BCUT2D eigenvalue weighted by Gasteiger charge is 2.28. The molecule has 1 amide bonds. The highest BCUT2D eigenvalue weighted by Crippen LogP contribution is 2.44. The first-order valence-corrected chi connectivity index (χ1v) is 10.7. The Morgan fingerprint density at radius 2 is 1.69 bits per heavy atom. The molecule has 0 radical (unpaired) electrons. The van der Waals surface area contributed by atoms with Crippen LogP contribution in [0.1, 0.15) is 29.0 Å². The van der Waals surface area contributed by atoms with Crippen LogP contribution in [-0.2, 0) is 4.74 Å². The molecule has 0 saturated heterocycles. The normalized spacial score (nSPS) is 11.9. The Kier molecular flexibility index (Phi) is 5.55. The number of amides is 1. The van der Waals surface area contributed by atoms with E-state index in [-0.39, 0.29) is 5.92 Å². The molecule has 0 unspecified atom stereocenters. The number of nitrogens with one attached hydrogen (secondary N) is 1. The molecule has 1 aliphatic carbocycles. The number of rotatable bonds is 4. The first-order valence-electron chi connectivity index (χ1n) is 10.7. The van der Waals surface area contributed by atoms with Crippen molar-refractivity contribution in [1.82, 2.24) is 10.3 Å². The Morgan fingerprint density at radius 1 is 0.938 bits per heavy atom. The van der Waals surface area contributed by atoms with Gasteiger partial charge in [-0.3, -0.25) is 4.98 Å². The molecule has 0 saturated carbocycles. The lowest BCUT2D eigenvalue weighted by Crippen LogP contribution is -2.26. The van der Waals surface area contributed by atoms with Crippen molar-refractivity contribution in [2.24, 2.45) is 0 Å². The van der Waals surface area contributed by atoms with Crippen molar-refractivity contribution < 1.29 is 9.53 Å². The van der Waals surface area contributed by atoms with Crippen LogP contribution in [0, 0.1) is 11.8 Å². The number of aromatic nitrogens is 1. The van der Waals surface area contributed by atoms with Crippen molar-refractivity contribution in [2.75, 3.05) is 13.2 Å². The van der Waals surface area contributed by atoms with E-state index >= 15 is 0 Å². The third kappa shape index (κ3) is 3.93. The van der Waals surface area contributed by atoms with E-state index < -0.39 is 6.09 Å². The molecule has 4 aromatic rings. The van der Waals surface area contributed by atoms with Gasteiger partial charge in [0.2, 0.25) is 0 Å². The maximum absolute atomic E-state index is 12.2. The zero-order valence-electron chi connectivity index (χ0n) is 17.5. The largest absolute Gasteiger partial charge is 0.449 e. The van der Waals surface area contributed by atoms with Gasteiger partial charge in [-0.05, 0) is 34.4 Å². The predicted molar refractivity (Wildman–Crippen MR) is 126 cm³/mol. The number of nitrogens with zero attached hydrogens (tertiary/aromatic N) is 1. The number of pyridine rings is 1. The molecule has 0 atom stereocenters. The third-order valence-electron chi connectivity index (χ3n) is 5.77. The van der Waals surface area contributed by atoms with Crippen molar-refractivity contribution >= 4 is 16.9 Å². The van der Waals surface area contributed by atoms with E-state index in [4.69, 9.17) is 4.74 Å². The molecule has 1 aromatic heterocycles. The quantitative estimate of drug-likeness (QED) is 0.351. The Morgan fingerprint density at radius 3 is 2.47 bits per heavy atom.